The summed E-state index contributed by atoms with van der Waals surface area (Å²) in [5.41, 5.74) is 4.07. The molecule has 2 N–H and O–H groups in total. The molecule has 0 fully saturated rings. The molecule has 1 aromatic heterocycles. The number of alkyl halides is 3. The van der Waals surface area contributed by atoms with Gasteiger partial charge in [-0.3, -0.25) is 4.79 Å². The van der Waals surface area contributed by atoms with E-state index in [1.54, 1.807) is 19.1 Å². The van der Waals surface area contributed by atoms with Crippen molar-refractivity contribution in [3.8, 4) is 28.7 Å². The molecule has 0 aliphatic heterocycles. The predicted molar refractivity (Wildman–Crippen MR) is 119 cm³/mol. The molecule has 0 aliphatic carbocycles. The summed E-state index contributed by atoms with van der Waals surface area (Å²) in [6, 6.07) is 13.0. The Kier molecular flexibility index (Phi) is 7.29. The summed E-state index contributed by atoms with van der Waals surface area (Å²) in [6.07, 6.45) is -4.70. The van der Waals surface area contributed by atoms with Crippen molar-refractivity contribution in [2.45, 2.75) is 26.8 Å². The molecule has 0 bridgehead atoms. The normalized spacial score (nSPS) is 11.1. The van der Waals surface area contributed by atoms with Crippen LogP contribution < -0.4 is 15.5 Å². The summed E-state index contributed by atoms with van der Waals surface area (Å²) in [5, 5.41) is 3.29. The number of hydrogen-bond donors (Lipinski definition) is 2. The lowest BCUT2D eigenvalue weighted by molar-refractivity contribution is -0.274. The highest BCUT2D eigenvalue weighted by Crippen LogP contribution is 2.23. The van der Waals surface area contributed by atoms with Crippen LogP contribution in [-0.2, 0) is 6.54 Å². The summed E-state index contributed by atoms with van der Waals surface area (Å²) >= 11 is 6.09. The maximum Gasteiger partial charge on any atom is 0.573 e. The van der Waals surface area contributed by atoms with Crippen LogP contribution in [0.15, 0.2) is 53.3 Å². The maximum atomic E-state index is 12.5. The third-order valence-corrected chi connectivity index (χ3v) is 5.07. The zero-order valence-electron chi connectivity index (χ0n) is 17.4. The van der Waals surface area contributed by atoms with Gasteiger partial charge in [-0.1, -0.05) is 47.7 Å². The van der Waals surface area contributed by atoms with Crippen LogP contribution in [0.3, 0.4) is 0 Å². The summed E-state index contributed by atoms with van der Waals surface area (Å²) in [4.78, 5) is 15.6. The first-order chi connectivity index (χ1) is 15.1. The minimum absolute atomic E-state index is 0.183. The lowest BCUT2D eigenvalue weighted by atomic mass is 10.0. The Hall–Kier alpha value is -3.21. The van der Waals surface area contributed by atoms with Crippen LogP contribution in [0.4, 0.5) is 13.2 Å². The van der Waals surface area contributed by atoms with E-state index < -0.39 is 6.36 Å². The van der Waals surface area contributed by atoms with Crippen LogP contribution in [-0.4, -0.2) is 17.9 Å². The number of rotatable bonds is 5. The van der Waals surface area contributed by atoms with Gasteiger partial charge < -0.3 is 15.0 Å². The van der Waals surface area contributed by atoms with Crippen LogP contribution in [0, 0.1) is 25.7 Å². The molecule has 166 valence electrons. The maximum absolute atomic E-state index is 12.5. The Morgan fingerprint density at radius 1 is 1.03 bits per heavy atom. The second kappa shape index (κ2) is 9.94. The van der Waals surface area contributed by atoms with Gasteiger partial charge in [0.2, 0.25) is 5.43 Å². The Bertz CT molecular complexity index is 1210. The molecule has 3 aromatic rings. The van der Waals surface area contributed by atoms with E-state index in [4.69, 9.17) is 11.6 Å². The van der Waals surface area contributed by atoms with Crippen molar-refractivity contribution in [2.24, 2.45) is 0 Å². The second-order valence-electron chi connectivity index (χ2n) is 7.07. The molecule has 0 aliphatic rings. The number of aromatic amines is 1. The molecule has 4 nitrogen and oxygen atoms in total. The molecular weight excluding hydrogens is 441 g/mol. The van der Waals surface area contributed by atoms with Gasteiger partial charge in [-0.15, -0.1) is 13.2 Å². The quantitative estimate of drug-likeness (QED) is 0.398. The van der Waals surface area contributed by atoms with Gasteiger partial charge in [0.25, 0.3) is 0 Å². The average molecular weight is 461 g/mol. The van der Waals surface area contributed by atoms with Gasteiger partial charge in [0.05, 0.1) is 6.54 Å². The van der Waals surface area contributed by atoms with E-state index in [1.807, 2.05) is 31.2 Å². The van der Waals surface area contributed by atoms with Crippen molar-refractivity contribution >= 4 is 11.6 Å². The summed E-state index contributed by atoms with van der Waals surface area (Å²) < 4.78 is 40.4. The van der Waals surface area contributed by atoms with E-state index in [0.29, 0.717) is 24.3 Å². The van der Waals surface area contributed by atoms with Gasteiger partial charge in [-0.25, -0.2) is 0 Å². The Morgan fingerprint density at radius 2 is 1.69 bits per heavy atom. The molecular formula is C24H20ClF3N2O2. The predicted octanol–water partition coefficient (Wildman–Crippen LogP) is 5.35. The largest absolute Gasteiger partial charge is 0.573 e. The molecule has 8 heteroatoms. The molecule has 0 atom stereocenters. The highest BCUT2D eigenvalue weighted by atomic mass is 35.5. The summed E-state index contributed by atoms with van der Waals surface area (Å²) in [7, 11) is 0. The fourth-order valence-corrected chi connectivity index (χ4v) is 3.28. The van der Waals surface area contributed by atoms with E-state index in [1.165, 1.54) is 12.1 Å². The Morgan fingerprint density at radius 3 is 2.31 bits per heavy atom. The number of benzene rings is 2. The Balaban J connectivity index is 1.56. The highest BCUT2D eigenvalue weighted by molar-refractivity contribution is 6.31. The van der Waals surface area contributed by atoms with Gasteiger partial charge in [0, 0.05) is 29.1 Å². The zero-order chi connectivity index (χ0) is 23.3. The SMILES string of the molecule is Cc1[nH]c(C)c(-c2ccc(C#CCNCc3ccc(OC(F)(F)F)cc3)cc2)c(=O)c1Cl. The van der Waals surface area contributed by atoms with Gasteiger partial charge in [-0.2, -0.15) is 0 Å². The van der Waals surface area contributed by atoms with E-state index in [0.717, 1.165) is 22.4 Å². The third-order valence-electron chi connectivity index (χ3n) is 4.61. The van der Waals surface area contributed by atoms with Crippen LogP contribution in [0.25, 0.3) is 11.1 Å². The summed E-state index contributed by atoms with van der Waals surface area (Å²) in [5.74, 6) is 5.76. The van der Waals surface area contributed by atoms with E-state index >= 15 is 0 Å². The van der Waals surface area contributed by atoms with E-state index in [2.05, 4.69) is 26.9 Å². The fraction of sp³-hybridized carbons (Fsp3) is 0.208. The number of aryl methyl sites for hydroxylation is 2. The third kappa shape index (κ3) is 6.16. The van der Waals surface area contributed by atoms with Crippen molar-refractivity contribution in [2.75, 3.05) is 6.54 Å². The van der Waals surface area contributed by atoms with Crippen molar-refractivity contribution < 1.29 is 17.9 Å². The first kappa shape index (κ1) is 23.5. The zero-order valence-corrected chi connectivity index (χ0v) is 18.1. The van der Waals surface area contributed by atoms with Crippen LogP contribution >= 0.6 is 11.6 Å². The fourth-order valence-electron chi connectivity index (χ4n) is 3.14. The average Bonchev–Trinajstić information content (AvgIpc) is 2.73. The molecule has 0 unspecified atom stereocenters. The number of halogens is 4. The van der Waals surface area contributed by atoms with E-state index in [9.17, 15) is 18.0 Å². The summed E-state index contributed by atoms with van der Waals surface area (Å²) in [6.45, 7) is 4.44. The minimum Gasteiger partial charge on any atom is -0.406 e. The smallest absolute Gasteiger partial charge is 0.406 e. The van der Waals surface area contributed by atoms with Gasteiger partial charge in [0.1, 0.15) is 10.8 Å². The molecule has 0 saturated heterocycles. The monoisotopic (exact) mass is 460 g/mol. The van der Waals surface area contributed by atoms with Gasteiger partial charge >= 0.3 is 6.36 Å². The topological polar surface area (TPSA) is 54.1 Å². The second-order valence-corrected chi connectivity index (χ2v) is 7.45. The number of aromatic nitrogens is 1. The van der Waals surface area contributed by atoms with Gasteiger partial charge in [0.15, 0.2) is 0 Å². The molecule has 0 saturated carbocycles. The number of nitrogens with one attached hydrogen (secondary N) is 2. The minimum atomic E-state index is -4.70. The number of hydrogen-bond acceptors (Lipinski definition) is 3. The van der Waals surface area contributed by atoms with Crippen molar-refractivity contribution in [3.05, 3.63) is 86.3 Å². The molecule has 2 aromatic carbocycles. The first-order valence-corrected chi connectivity index (χ1v) is 10.1. The number of ether oxygens (including phenoxy) is 1. The first-order valence-electron chi connectivity index (χ1n) is 9.68. The van der Waals surface area contributed by atoms with Crippen molar-refractivity contribution in [3.63, 3.8) is 0 Å². The standard InChI is InChI=1S/C24H20ClF3N2O2/c1-15-21(23(31)22(25)16(2)30-15)19-9-5-17(6-10-19)4-3-13-29-14-18-7-11-20(12-8-18)32-24(26,27)28/h5-12,29H,13-14H2,1-2H3,(H,30,31). The molecule has 3 rings (SSSR count). The van der Waals surface area contributed by atoms with Gasteiger partial charge in [-0.05, 0) is 49.2 Å². The van der Waals surface area contributed by atoms with Crippen molar-refractivity contribution in [1.82, 2.24) is 10.3 Å². The van der Waals surface area contributed by atoms with E-state index in [-0.39, 0.29) is 16.2 Å². The molecule has 32 heavy (non-hydrogen) atoms. The van der Waals surface area contributed by atoms with Crippen LogP contribution in [0.2, 0.25) is 5.02 Å². The molecule has 1 heterocycles. The highest BCUT2D eigenvalue weighted by Gasteiger charge is 2.30. The van der Waals surface area contributed by atoms with Crippen LogP contribution in [0.5, 0.6) is 5.75 Å². The Labute approximate surface area is 188 Å². The van der Waals surface area contributed by atoms with Crippen molar-refractivity contribution in [1.29, 1.82) is 0 Å². The number of pyridine rings is 1. The molecule has 0 spiro atoms. The lowest BCUT2D eigenvalue weighted by Gasteiger charge is -2.09. The molecule has 0 amide bonds. The van der Waals surface area contributed by atoms with Crippen LogP contribution in [0.1, 0.15) is 22.5 Å². The number of H-pyrrole nitrogens is 1. The molecule has 0 radical (unpaired) electrons. The lowest BCUT2D eigenvalue weighted by Crippen LogP contribution is -2.17.